The highest BCUT2D eigenvalue weighted by Gasteiger charge is 2.44. The number of hydrogen-bond donors (Lipinski definition) is 5. The van der Waals surface area contributed by atoms with E-state index in [9.17, 15) is 28.8 Å². The van der Waals surface area contributed by atoms with Crippen molar-refractivity contribution >= 4 is 27.3 Å². The molecule has 0 aliphatic carbocycles. The molecule has 0 bridgehead atoms. The highest BCUT2D eigenvalue weighted by Crippen LogP contribution is 2.25. The second-order valence-electron chi connectivity index (χ2n) is 11.2. The van der Waals surface area contributed by atoms with E-state index in [1.807, 2.05) is 13.8 Å². The number of ether oxygens (including phenoxy) is 2. The Morgan fingerprint density at radius 3 is 2.30 bits per heavy atom. The number of sulfonamides is 1. The Morgan fingerprint density at radius 1 is 1.02 bits per heavy atom. The standard InChI is InChI=1S/C31H39N7O8S/c1-4-14-36(15-5-2)47(43,44)23-12-8-21(9-13-23)38-30-25(19(3)35-38)29(32)37(18-33-30)34-16-20-6-10-22(11-7-20)45-31-28(42)27(41)26(40)24(17-39)46-31/h6-13,16,18,24,26-28,31-32,39-42H,4-5,14-15,17H2,1-3H3. The van der Waals surface area contributed by atoms with Crippen LogP contribution in [0.1, 0.15) is 37.9 Å². The van der Waals surface area contributed by atoms with Crippen LogP contribution >= 0.6 is 0 Å². The number of aromatic nitrogens is 4. The summed E-state index contributed by atoms with van der Waals surface area (Å²) in [6, 6.07) is 13.0. The number of aliphatic hydroxyl groups is 4. The summed E-state index contributed by atoms with van der Waals surface area (Å²) in [5.41, 5.74) is 2.26. The molecule has 5 N–H and O–H groups in total. The predicted octanol–water partition coefficient (Wildman–Crippen LogP) is 0.881. The first kappa shape index (κ1) is 34.3. The molecular formula is C31H39N7O8S. The molecule has 4 aromatic rings. The summed E-state index contributed by atoms with van der Waals surface area (Å²) in [4.78, 5) is 4.70. The number of aliphatic hydroxyl groups excluding tert-OH is 4. The molecule has 3 heterocycles. The second-order valence-corrected chi connectivity index (χ2v) is 13.1. The van der Waals surface area contributed by atoms with E-state index in [1.54, 1.807) is 60.1 Å². The van der Waals surface area contributed by atoms with E-state index >= 15 is 0 Å². The van der Waals surface area contributed by atoms with E-state index < -0.39 is 47.3 Å². The maximum atomic E-state index is 13.2. The van der Waals surface area contributed by atoms with Crippen molar-refractivity contribution in [2.24, 2.45) is 5.10 Å². The molecule has 1 aliphatic heterocycles. The van der Waals surface area contributed by atoms with Crippen molar-refractivity contribution in [2.45, 2.75) is 69.2 Å². The lowest BCUT2D eigenvalue weighted by atomic mass is 9.99. The predicted molar refractivity (Wildman–Crippen MR) is 171 cm³/mol. The molecule has 1 fully saturated rings. The molecule has 0 radical (unpaired) electrons. The third-order valence-electron chi connectivity index (χ3n) is 7.77. The Kier molecular flexibility index (Phi) is 10.5. The van der Waals surface area contributed by atoms with Crippen molar-refractivity contribution in [1.82, 2.24) is 23.7 Å². The number of nitrogens with zero attached hydrogens (tertiary/aromatic N) is 6. The summed E-state index contributed by atoms with van der Waals surface area (Å²) < 4.78 is 41.7. The van der Waals surface area contributed by atoms with E-state index in [2.05, 4.69) is 15.2 Å². The molecule has 1 saturated heterocycles. The molecule has 252 valence electrons. The first-order chi connectivity index (χ1) is 22.5. The third kappa shape index (κ3) is 6.99. The van der Waals surface area contributed by atoms with Crippen molar-refractivity contribution in [3.8, 4) is 11.4 Å². The summed E-state index contributed by atoms with van der Waals surface area (Å²) >= 11 is 0. The van der Waals surface area contributed by atoms with Gasteiger partial charge in [0, 0.05) is 13.1 Å². The lowest BCUT2D eigenvalue weighted by molar-refractivity contribution is -0.277. The largest absolute Gasteiger partial charge is 0.462 e. The Hall–Kier alpha value is -4.03. The Balaban J connectivity index is 1.33. The SMILES string of the molecule is CCCN(CCC)S(=O)(=O)c1ccc(-n2nc(C)c3c(=N)n(N=Cc4ccc(OC5OC(CO)C(O)C(O)C5O)cc4)cnc32)cc1. The fraction of sp³-hybridized carbons (Fsp3) is 0.419. The van der Waals surface area contributed by atoms with Crippen LogP contribution in [0, 0.1) is 12.3 Å². The zero-order chi connectivity index (χ0) is 33.9. The van der Waals surface area contributed by atoms with Gasteiger partial charge in [0.1, 0.15) is 36.5 Å². The zero-order valence-corrected chi connectivity index (χ0v) is 27.0. The van der Waals surface area contributed by atoms with Gasteiger partial charge in [0.05, 0.1) is 34.5 Å². The molecule has 15 nitrogen and oxygen atoms in total. The second kappa shape index (κ2) is 14.4. The summed E-state index contributed by atoms with van der Waals surface area (Å²) in [6.45, 7) is 5.98. The van der Waals surface area contributed by atoms with Crippen molar-refractivity contribution in [3.05, 3.63) is 71.6 Å². The van der Waals surface area contributed by atoms with Crippen LogP contribution in [0.2, 0.25) is 0 Å². The van der Waals surface area contributed by atoms with E-state index in [0.717, 1.165) is 12.8 Å². The van der Waals surface area contributed by atoms with Crippen LogP contribution in [0.3, 0.4) is 0 Å². The number of fused-ring (bicyclic) bond motifs is 1. The quantitative estimate of drug-likeness (QED) is 0.135. The molecule has 0 spiro atoms. The van der Waals surface area contributed by atoms with Gasteiger partial charge in [-0.15, -0.1) is 0 Å². The minimum absolute atomic E-state index is 0.0477. The van der Waals surface area contributed by atoms with Gasteiger partial charge in [0.15, 0.2) is 11.1 Å². The van der Waals surface area contributed by atoms with E-state index in [1.165, 1.54) is 21.5 Å². The molecule has 0 amide bonds. The van der Waals surface area contributed by atoms with Gasteiger partial charge in [-0.1, -0.05) is 13.8 Å². The fourth-order valence-corrected chi connectivity index (χ4v) is 6.90. The van der Waals surface area contributed by atoms with Gasteiger partial charge in [0.2, 0.25) is 16.3 Å². The van der Waals surface area contributed by atoms with Crippen LogP contribution in [-0.2, 0) is 14.8 Å². The van der Waals surface area contributed by atoms with Gasteiger partial charge in [-0.25, -0.2) is 22.8 Å². The third-order valence-corrected chi connectivity index (χ3v) is 9.68. The van der Waals surface area contributed by atoms with Gasteiger partial charge in [-0.05, 0) is 73.9 Å². The smallest absolute Gasteiger partial charge is 0.243 e. The van der Waals surface area contributed by atoms with Crippen molar-refractivity contribution < 1.29 is 38.3 Å². The molecule has 2 aromatic heterocycles. The van der Waals surface area contributed by atoms with Gasteiger partial charge >= 0.3 is 0 Å². The molecule has 5 atom stereocenters. The molecule has 1 aliphatic rings. The van der Waals surface area contributed by atoms with E-state index in [4.69, 9.17) is 14.9 Å². The number of rotatable bonds is 12. The maximum Gasteiger partial charge on any atom is 0.243 e. The molecule has 5 unspecified atom stereocenters. The van der Waals surface area contributed by atoms with Crippen molar-refractivity contribution in [2.75, 3.05) is 19.7 Å². The average molecular weight is 670 g/mol. The molecule has 2 aromatic carbocycles. The van der Waals surface area contributed by atoms with Gasteiger partial charge in [-0.2, -0.15) is 14.5 Å². The van der Waals surface area contributed by atoms with Crippen LogP contribution in [-0.4, -0.2) is 109 Å². The summed E-state index contributed by atoms with van der Waals surface area (Å²) in [7, 11) is -3.63. The number of nitrogens with one attached hydrogen (secondary N) is 1. The number of hydrogen-bond acceptors (Lipinski definition) is 12. The first-order valence-corrected chi connectivity index (χ1v) is 16.7. The highest BCUT2D eigenvalue weighted by atomic mass is 32.2. The van der Waals surface area contributed by atoms with Crippen LogP contribution < -0.4 is 10.2 Å². The molecule has 16 heteroatoms. The fourth-order valence-electron chi connectivity index (χ4n) is 5.28. The van der Waals surface area contributed by atoms with Gasteiger partial charge < -0.3 is 29.9 Å². The molecule has 47 heavy (non-hydrogen) atoms. The summed E-state index contributed by atoms with van der Waals surface area (Å²) in [6.07, 6.45) is -2.60. The zero-order valence-electron chi connectivity index (χ0n) is 26.2. The van der Waals surface area contributed by atoms with E-state index in [-0.39, 0.29) is 10.4 Å². The van der Waals surface area contributed by atoms with Gasteiger partial charge in [-0.3, -0.25) is 5.41 Å². The minimum atomic E-state index is -3.63. The molecular weight excluding hydrogens is 630 g/mol. The van der Waals surface area contributed by atoms with Crippen LogP contribution in [0.4, 0.5) is 0 Å². The lowest BCUT2D eigenvalue weighted by Crippen LogP contribution is -2.60. The average Bonchev–Trinajstić information content (AvgIpc) is 3.41. The highest BCUT2D eigenvalue weighted by molar-refractivity contribution is 7.89. The molecule has 0 saturated carbocycles. The van der Waals surface area contributed by atoms with Crippen LogP contribution in [0.15, 0.2) is 64.9 Å². The van der Waals surface area contributed by atoms with Crippen LogP contribution in [0.25, 0.3) is 16.7 Å². The Labute approximate surface area is 271 Å². The topological polar surface area (TPSA) is 209 Å². The summed E-state index contributed by atoms with van der Waals surface area (Å²) in [5.74, 6) is 0.302. The van der Waals surface area contributed by atoms with Crippen LogP contribution in [0.5, 0.6) is 5.75 Å². The maximum absolute atomic E-state index is 13.2. The Bertz CT molecular complexity index is 1870. The van der Waals surface area contributed by atoms with Crippen molar-refractivity contribution in [3.63, 3.8) is 0 Å². The number of benzene rings is 2. The minimum Gasteiger partial charge on any atom is -0.462 e. The Morgan fingerprint density at radius 2 is 1.68 bits per heavy atom. The van der Waals surface area contributed by atoms with E-state index in [0.29, 0.717) is 46.8 Å². The van der Waals surface area contributed by atoms with Crippen molar-refractivity contribution in [1.29, 1.82) is 5.41 Å². The summed E-state index contributed by atoms with van der Waals surface area (Å²) in [5, 5.41) is 57.7. The van der Waals surface area contributed by atoms with Gasteiger partial charge in [0.25, 0.3) is 0 Å². The normalized spacial score (nSPS) is 22.0. The molecule has 5 rings (SSSR count). The number of aryl methyl sites for hydroxylation is 1. The first-order valence-electron chi connectivity index (χ1n) is 15.2. The lowest BCUT2D eigenvalue weighted by Gasteiger charge is -2.39. The monoisotopic (exact) mass is 669 g/mol.